The molecule has 0 unspecified atom stereocenters. The van der Waals surface area contributed by atoms with Crippen molar-refractivity contribution in [2.75, 3.05) is 38.5 Å². The maximum Gasteiger partial charge on any atom is 0.277 e. The fraction of sp³-hybridized carbons (Fsp3) is 0.647. The van der Waals surface area contributed by atoms with E-state index < -0.39 is 0 Å². The maximum atomic E-state index is 12.9. The maximum absolute atomic E-state index is 12.9. The molecule has 0 radical (unpaired) electrons. The number of pyridine rings is 1. The minimum absolute atomic E-state index is 0.149. The third-order valence-electron chi connectivity index (χ3n) is 4.54. The predicted molar refractivity (Wildman–Crippen MR) is 89.9 cm³/mol. The number of unbranched alkanes of at least 4 members (excludes halogenated alkanes) is 1. The van der Waals surface area contributed by atoms with Crippen LogP contribution in [-0.2, 0) is 4.74 Å². The number of hydrogen-bond acceptors (Lipinski definition) is 5. The highest BCUT2D eigenvalue weighted by atomic mass is 16.5. The van der Waals surface area contributed by atoms with Crippen LogP contribution in [0.1, 0.15) is 43.1 Å². The summed E-state index contributed by atoms with van der Waals surface area (Å²) in [7, 11) is 0. The molecule has 0 saturated carbocycles. The molecule has 1 aromatic rings. The van der Waals surface area contributed by atoms with Gasteiger partial charge in [-0.1, -0.05) is 13.3 Å². The normalized spacial score (nSPS) is 18.2. The van der Waals surface area contributed by atoms with Crippen molar-refractivity contribution in [3.63, 3.8) is 0 Å². The molecule has 1 aromatic heterocycles. The zero-order valence-electron chi connectivity index (χ0n) is 14.1. The van der Waals surface area contributed by atoms with Crippen molar-refractivity contribution in [3.8, 4) is 5.75 Å². The average molecular weight is 335 g/mol. The molecule has 3 rings (SSSR count). The standard InChI is InChI=1S/C17H25N3O4/c1-2-3-8-24-16-14(21)4-7-20-15(16)17(22)19(12-18-20)11-13-5-9-23-10-6-13/h4,7,13,18H,2-3,5-6,8-12H2,1H3. The first-order valence-corrected chi connectivity index (χ1v) is 8.70. The number of nitrogens with one attached hydrogen (secondary N) is 1. The molecule has 2 aliphatic heterocycles. The molecule has 3 heterocycles. The molecular weight excluding hydrogens is 310 g/mol. The van der Waals surface area contributed by atoms with Gasteiger partial charge in [-0.25, -0.2) is 0 Å². The van der Waals surface area contributed by atoms with Crippen molar-refractivity contribution >= 4 is 5.91 Å². The van der Waals surface area contributed by atoms with Gasteiger partial charge in [0.25, 0.3) is 5.91 Å². The molecule has 1 fully saturated rings. The van der Waals surface area contributed by atoms with E-state index in [9.17, 15) is 9.59 Å². The Labute approximate surface area is 141 Å². The van der Waals surface area contributed by atoms with Gasteiger partial charge in [-0.3, -0.25) is 14.3 Å². The van der Waals surface area contributed by atoms with E-state index in [4.69, 9.17) is 9.47 Å². The molecule has 2 aliphatic rings. The third kappa shape index (κ3) is 3.56. The lowest BCUT2D eigenvalue weighted by molar-refractivity contribution is 0.0441. The van der Waals surface area contributed by atoms with Gasteiger partial charge in [0.2, 0.25) is 5.43 Å². The largest absolute Gasteiger partial charge is 0.487 e. The summed E-state index contributed by atoms with van der Waals surface area (Å²) in [6.07, 6.45) is 5.34. The van der Waals surface area contributed by atoms with Gasteiger partial charge in [-0.2, -0.15) is 0 Å². The SMILES string of the molecule is CCCCOc1c2n(ccc1=O)NCN(CC1CCOCC1)C2=O. The van der Waals surface area contributed by atoms with E-state index in [2.05, 4.69) is 12.3 Å². The molecular formula is C17H25N3O4. The number of aromatic nitrogens is 1. The number of amides is 1. The fourth-order valence-corrected chi connectivity index (χ4v) is 3.08. The fourth-order valence-electron chi connectivity index (χ4n) is 3.08. The van der Waals surface area contributed by atoms with Gasteiger partial charge >= 0.3 is 0 Å². The molecule has 0 aliphatic carbocycles. The second-order valence-corrected chi connectivity index (χ2v) is 6.33. The van der Waals surface area contributed by atoms with Crippen molar-refractivity contribution in [2.24, 2.45) is 5.92 Å². The molecule has 132 valence electrons. The number of hydrogen-bond donors (Lipinski definition) is 1. The van der Waals surface area contributed by atoms with E-state index in [0.29, 0.717) is 31.4 Å². The van der Waals surface area contributed by atoms with Gasteiger partial charge < -0.3 is 19.8 Å². The van der Waals surface area contributed by atoms with Crippen molar-refractivity contribution in [2.45, 2.75) is 32.6 Å². The Kier molecular flexibility index (Phi) is 5.40. The second-order valence-electron chi connectivity index (χ2n) is 6.33. The molecule has 1 amide bonds. The van der Waals surface area contributed by atoms with Crippen molar-refractivity contribution in [3.05, 3.63) is 28.2 Å². The van der Waals surface area contributed by atoms with E-state index in [1.54, 1.807) is 15.8 Å². The van der Waals surface area contributed by atoms with E-state index in [1.165, 1.54) is 6.07 Å². The summed E-state index contributed by atoms with van der Waals surface area (Å²) >= 11 is 0. The van der Waals surface area contributed by atoms with Gasteiger partial charge in [-0.05, 0) is 25.2 Å². The van der Waals surface area contributed by atoms with Crippen LogP contribution in [0, 0.1) is 5.92 Å². The van der Waals surface area contributed by atoms with Crippen molar-refractivity contribution in [1.82, 2.24) is 9.58 Å². The van der Waals surface area contributed by atoms with Crippen LogP contribution in [0.5, 0.6) is 5.75 Å². The third-order valence-corrected chi connectivity index (χ3v) is 4.54. The van der Waals surface area contributed by atoms with Crippen LogP contribution >= 0.6 is 0 Å². The van der Waals surface area contributed by atoms with E-state index >= 15 is 0 Å². The Bertz CT molecular complexity index is 637. The first-order valence-electron chi connectivity index (χ1n) is 8.70. The lowest BCUT2D eigenvalue weighted by Crippen LogP contribution is -2.48. The molecule has 0 aromatic carbocycles. The highest BCUT2D eigenvalue weighted by Crippen LogP contribution is 2.22. The highest BCUT2D eigenvalue weighted by molar-refractivity contribution is 5.96. The molecule has 1 saturated heterocycles. The van der Waals surface area contributed by atoms with Crippen molar-refractivity contribution in [1.29, 1.82) is 0 Å². The smallest absolute Gasteiger partial charge is 0.277 e. The Hall–Kier alpha value is -2.02. The molecule has 24 heavy (non-hydrogen) atoms. The van der Waals surface area contributed by atoms with E-state index in [1.807, 2.05) is 0 Å². The molecule has 0 atom stereocenters. The Morgan fingerprint density at radius 1 is 1.33 bits per heavy atom. The van der Waals surface area contributed by atoms with Crippen LogP contribution in [0.25, 0.3) is 0 Å². The summed E-state index contributed by atoms with van der Waals surface area (Å²) < 4.78 is 12.6. The second kappa shape index (κ2) is 7.70. The number of carbonyl (C=O) groups excluding carboxylic acids is 1. The summed E-state index contributed by atoms with van der Waals surface area (Å²) in [6, 6.07) is 1.43. The lowest BCUT2D eigenvalue weighted by Gasteiger charge is -2.35. The Morgan fingerprint density at radius 2 is 2.12 bits per heavy atom. The number of nitrogens with zero attached hydrogens (tertiary/aromatic N) is 2. The number of carbonyl (C=O) groups is 1. The average Bonchev–Trinajstić information content (AvgIpc) is 2.60. The zero-order chi connectivity index (χ0) is 16.9. The van der Waals surface area contributed by atoms with Gasteiger partial charge in [-0.15, -0.1) is 0 Å². The number of fused-ring (bicyclic) bond motifs is 1. The monoisotopic (exact) mass is 335 g/mol. The van der Waals surface area contributed by atoms with E-state index in [0.717, 1.165) is 38.9 Å². The molecule has 0 spiro atoms. The van der Waals surface area contributed by atoms with Gasteiger partial charge in [0, 0.05) is 32.0 Å². The zero-order valence-corrected chi connectivity index (χ0v) is 14.1. The molecule has 7 heteroatoms. The summed E-state index contributed by atoms with van der Waals surface area (Å²) in [5, 5.41) is 0. The van der Waals surface area contributed by atoms with E-state index in [-0.39, 0.29) is 17.1 Å². The van der Waals surface area contributed by atoms with Gasteiger partial charge in [0.1, 0.15) is 6.67 Å². The van der Waals surface area contributed by atoms with Crippen LogP contribution in [-0.4, -0.2) is 48.5 Å². The van der Waals surface area contributed by atoms with Crippen molar-refractivity contribution < 1.29 is 14.3 Å². The molecule has 0 bridgehead atoms. The number of rotatable bonds is 6. The molecule has 7 nitrogen and oxygen atoms in total. The van der Waals surface area contributed by atoms with Crippen LogP contribution in [0.4, 0.5) is 0 Å². The summed E-state index contributed by atoms with van der Waals surface area (Å²) in [5.74, 6) is 0.445. The van der Waals surface area contributed by atoms with Gasteiger partial charge in [0.15, 0.2) is 11.4 Å². The van der Waals surface area contributed by atoms with Crippen LogP contribution in [0.15, 0.2) is 17.1 Å². The van der Waals surface area contributed by atoms with Gasteiger partial charge in [0.05, 0.1) is 6.61 Å². The Morgan fingerprint density at radius 3 is 2.88 bits per heavy atom. The van der Waals surface area contributed by atoms with Crippen LogP contribution in [0.2, 0.25) is 0 Å². The topological polar surface area (TPSA) is 72.8 Å². The lowest BCUT2D eigenvalue weighted by atomic mass is 9.99. The Balaban J connectivity index is 1.79. The predicted octanol–water partition coefficient (Wildman–Crippen LogP) is 1.41. The first-order chi connectivity index (χ1) is 11.7. The molecule has 1 N–H and O–H groups in total. The van der Waals surface area contributed by atoms with Crippen LogP contribution < -0.4 is 15.6 Å². The summed E-state index contributed by atoms with van der Waals surface area (Å²) in [5.41, 5.74) is 3.22. The minimum Gasteiger partial charge on any atom is -0.487 e. The summed E-state index contributed by atoms with van der Waals surface area (Å²) in [4.78, 5) is 26.8. The highest BCUT2D eigenvalue weighted by Gasteiger charge is 2.30. The quantitative estimate of drug-likeness (QED) is 0.796. The first kappa shape index (κ1) is 16.8. The number of ether oxygens (including phenoxy) is 2. The van der Waals surface area contributed by atoms with Crippen LogP contribution in [0.3, 0.4) is 0 Å². The minimum atomic E-state index is -0.250. The summed E-state index contributed by atoms with van der Waals surface area (Å²) in [6.45, 7) is 5.10.